The molecule has 3 aromatic carbocycles. The number of anilines is 1. The van der Waals surface area contributed by atoms with Crippen LogP contribution in [0.2, 0.25) is 0 Å². The van der Waals surface area contributed by atoms with Crippen molar-refractivity contribution < 1.29 is 23.9 Å². The zero-order valence-electron chi connectivity index (χ0n) is 16.7. The fraction of sp³-hybridized carbons (Fsp3) is 0.174. The number of rotatable bonds is 7. The van der Waals surface area contributed by atoms with E-state index in [9.17, 15) is 14.4 Å². The molecule has 0 aliphatic heterocycles. The summed E-state index contributed by atoms with van der Waals surface area (Å²) in [4.78, 5) is 36.5. The van der Waals surface area contributed by atoms with Gasteiger partial charge in [0.2, 0.25) is 0 Å². The van der Waals surface area contributed by atoms with E-state index in [-0.39, 0.29) is 6.54 Å². The van der Waals surface area contributed by atoms with Gasteiger partial charge in [0.15, 0.2) is 6.10 Å². The number of methoxy groups -OCH3 is 1. The quantitative estimate of drug-likeness (QED) is 0.588. The lowest BCUT2D eigenvalue weighted by Crippen LogP contribution is -2.35. The molecule has 0 aromatic heterocycles. The Kier molecular flexibility index (Phi) is 6.64. The van der Waals surface area contributed by atoms with Crippen molar-refractivity contribution in [3.63, 3.8) is 0 Å². The van der Waals surface area contributed by atoms with Gasteiger partial charge >= 0.3 is 5.97 Å². The molecule has 7 heteroatoms. The molecule has 3 aromatic rings. The second-order valence-electron chi connectivity index (χ2n) is 6.60. The van der Waals surface area contributed by atoms with Crippen LogP contribution in [0.5, 0.6) is 5.75 Å². The Morgan fingerprint density at radius 2 is 1.70 bits per heavy atom. The first kappa shape index (κ1) is 20.9. The van der Waals surface area contributed by atoms with E-state index in [0.717, 1.165) is 10.8 Å². The van der Waals surface area contributed by atoms with Gasteiger partial charge in [0, 0.05) is 17.3 Å². The smallest absolute Gasteiger partial charge is 0.326 e. The Morgan fingerprint density at radius 1 is 0.933 bits per heavy atom. The molecule has 0 spiro atoms. The van der Waals surface area contributed by atoms with E-state index in [0.29, 0.717) is 17.0 Å². The van der Waals surface area contributed by atoms with Crippen LogP contribution in [-0.4, -0.2) is 37.5 Å². The summed E-state index contributed by atoms with van der Waals surface area (Å²) in [6, 6.07) is 19.8. The number of esters is 1. The largest absolute Gasteiger partial charge is 0.497 e. The molecule has 1 atom stereocenters. The van der Waals surface area contributed by atoms with Gasteiger partial charge in [-0.2, -0.15) is 0 Å². The van der Waals surface area contributed by atoms with Crippen molar-refractivity contribution in [2.75, 3.05) is 19.0 Å². The predicted molar refractivity (Wildman–Crippen MR) is 113 cm³/mol. The van der Waals surface area contributed by atoms with Crippen molar-refractivity contribution in [3.8, 4) is 5.75 Å². The van der Waals surface area contributed by atoms with Gasteiger partial charge < -0.3 is 20.1 Å². The summed E-state index contributed by atoms with van der Waals surface area (Å²) in [7, 11) is 1.53. The van der Waals surface area contributed by atoms with E-state index >= 15 is 0 Å². The maximum Gasteiger partial charge on any atom is 0.326 e. The van der Waals surface area contributed by atoms with Gasteiger partial charge in [-0.1, -0.05) is 36.4 Å². The number of ether oxygens (including phenoxy) is 2. The molecule has 0 unspecified atom stereocenters. The second kappa shape index (κ2) is 9.56. The summed E-state index contributed by atoms with van der Waals surface area (Å²) in [5.74, 6) is -1.00. The molecule has 0 bridgehead atoms. The van der Waals surface area contributed by atoms with Crippen LogP contribution in [-0.2, 0) is 14.3 Å². The molecule has 0 saturated heterocycles. The maximum absolute atomic E-state index is 12.3. The van der Waals surface area contributed by atoms with Crippen molar-refractivity contribution in [2.24, 2.45) is 0 Å². The van der Waals surface area contributed by atoms with Gasteiger partial charge in [-0.05, 0) is 42.0 Å². The third-order valence-corrected chi connectivity index (χ3v) is 4.42. The summed E-state index contributed by atoms with van der Waals surface area (Å²) in [6.07, 6.45) is -1.03. The van der Waals surface area contributed by atoms with Crippen molar-refractivity contribution in [2.45, 2.75) is 13.0 Å². The van der Waals surface area contributed by atoms with Gasteiger partial charge in [-0.15, -0.1) is 0 Å². The topological polar surface area (TPSA) is 93.7 Å². The summed E-state index contributed by atoms with van der Waals surface area (Å²) >= 11 is 0. The van der Waals surface area contributed by atoms with Crippen LogP contribution in [0.15, 0.2) is 66.7 Å². The molecule has 154 valence electrons. The molecule has 7 nitrogen and oxygen atoms in total. The molecule has 30 heavy (non-hydrogen) atoms. The van der Waals surface area contributed by atoms with E-state index in [1.54, 1.807) is 36.4 Å². The van der Waals surface area contributed by atoms with E-state index in [4.69, 9.17) is 9.47 Å². The number of hydrogen-bond acceptors (Lipinski definition) is 5. The highest BCUT2D eigenvalue weighted by Gasteiger charge is 2.19. The molecule has 0 aliphatic rings. The van der Waals surface area contributed by atoms with Crippen LogP contribution in [0.4, 0.5) is 5.69 Å². The van der Waals surface area contributed by atoms with Gasteiger partial charge in [0.25, 0.3) is 11.8 Å². The normalized spacial score (nSPS) is 11.4. The molecule has 0 radical (unpaired) electrons. The van der Waals surface area contributed by atoms with Crippen molar-refractivity contribution in [1.29, 1.82) is 0 Å². The van der Waals surface area contributed by atoms with Gasteiger partial charge in [0.1, 0.15) is 12.3 Å². The van der Waals surface area contributed by atoms with Crippen LogP contribution in [0, 0.1) is 0 Å². The minimum absolute atomic E-state index is 0.345. The van der Waals surface area contributed by atoms with E-state index in [1.165, 1.54) is 14.0 Å². The highest BCUT2D eigenvalue weighted by molar-refractivity contribution is 6.00. The zero-order chi connectivity index (χ0) is 21.5. The summed E-state index contributed by atoms with van der Waals surface area (Å²) in [6.45, 7) is 1.11. The lowest BCUT2D eigenvalue weighted by Gasteiger charge is -2.14. The van der Waals surface area contributed by atoms with E-state index in [2.05, 4.69) is 10.6 Å². The van der Waals surface area contributed by atoms with Crippen LogP contribution >= 0.6 is 0 Å². The number of hydrogen-bond donors (Lipinski definition) is 2. The van der Waals surface area contributed by atoms with Crippen molar-refractivity contribution in [3.05, 3.63) is 72.3 Å². The molecule has 2 amide bonds. The Morgan fingerprint density at radius 3 is 2.47 bits per heavy atom. The first-order valence-electron chi connectivity index (χ1n) is 9.37. The Hall–Kier alpha value is -3.87. The number of amides is 2. The number of carbonyl (C=O) groups excluding carboxylic acids is 3. The summed E-state index contributed by atoms with van der Waals surface area (Å²) in [5.41, 5.74) is 0.956. The number of nitrogens with one attached hydrogen (secondary N) is 2. The number of benzene rings is 3. The standard InChI is InChI=1S/C23H22N2O5/c1-15(22(27)25-19-8-5-9-20(13-19)29-2)30-21(26)14-24-23(28)18-11-10-16-6-3-4-7-17(16)12-18/h3-13,15H,14H2,1-2H3,(H,24,28)(H,25,27)/t15-/m0/s1. The average molecular weight is 406 g/mol. The van der Waals surface area contributed by atoms with E-state index in [1.807, 2.05) is 30.3 Å². The van der Waals surface area contributed by atoms with Crippen LogP contribution in [0.25, 0.3) is 10.8 Å². The van der Waals surface area contributed by atoms with Crippen LogP contribution in [0.1, 0.15) is 17.3 Å². The average Bonchev–Trinajstić information content (AvgIpc) is 2.77. The summed E-state index contributed by atoms with van der Waals surface area (Å²) in [5, 5.41) is 7.10. The number of carbonyl (C=O) groups is 3. The molecule has 3 rings (SSSR count). The lowest BCUT2D eigenvalue weighted by molar-refractivity contribution is -0.152. The molecular weight excluding hydrogens is 384 g/mol. The Bertz CT molecular complexity index is 1080. The third-order valence-electron chi connectivity index (χ3n) is 4.42. The van der Waals surface area contributed by atoms with Crippen molar-refractivity contribution >= 4 is 34.2 Å². The van der Waals surface area contributed by atoms with Crippen LogP contribution < -0.4 is 15.4 Å². The number of fused-ring (bicyclic) bond motifs is 1. The van der Waals surface area contributed by atoms with Crippen molar-refractivity contribution in [1.82, 2.24) is 5.32 Å². The monoisotopic (exact) mass is 406 g/mol. The minimum atomic E-state index is -1.03. The summed E-state index contributed by atoms with van der Waals surface area (Å²) < 4.78 is 10.2. The minimum Gasteiger partial charge on any atom is -0.497 e. The lowest BCUT2D eigenvalue weighted by atomic mass is 10.1. The molecule has 0 heterocycles. The highest BCUT2D eigenvalue weighted by atomic mass is 16.5. The zero-order valence-corrected chi connectivity index (χ0v) is 16.7. The Balaban J connectivity index is 1.50. The fourth-order valence-corrected chi connectivity index (χ4v) is 2.82. The molecular formula is C23H22N2O5. The van der Waals surface area contributed by atoms with Gasteiger partial charge in [-0.3, -0.25) is 14.4 Å². The Labute approximate surface area is 174 Å². The molecule has 2 N–H and O–H groups in total. The van der Waals surface area contributed by atoms with Gasteiger partial charge in [-0.25, -0.2) is 0 Å². The maximum atomic E-state index is 12.3. The molecule has 0 saturated carbocycles. The SMILES string of the molecule is COc1cccc(NC(=O)[C@H](C)OC(=O)CNC(=O)c2ccc3ccccc3c2)c1. The first-order valence-corrected chi connectivity index (χ1v) is 9.37. The third kappa shape index (κ3) is 5.35. The van der Waals surface area contributed by atoms with Gasteiger partial charge in [0.05, 0.1) is 7.11 Å². The fourth-order valence-electron chi connectivity index (χ4n) is 2.82. The van der Waals surface area contributed by atoms with E-state index < -0.39 is 23.9 Å². The molecule has 0 fully saturated rings. The predicted octanol–water partition coefficient (Wildman–Crippen LogP) is 3.15. The second-order valence-corrected chi connectivity index (χ2v) is 6.60. The first-order chi connectivity index (χ1) is 14.5. The highest BCUT2D eigenvalue weighted by Crippen LogP contribution is 2.17. The van der Waals surface area contributed by atoms with Crippen LogP contribution in [0.3, 0.4) is 0 Å². The molecule has 0 aliphatic carbocycles.